The molecule has 1 saturated heterocycles. The van der Waals surface area contributed by atoms with Crippen LogP contribution in [-0.4, -0.2) is 42.4 Å². The predicted molar refractivity (Wildman–Crippen MR) is 104 cm³/mol. The highest BCUT2D eigenvalue weighted by Crippen LogP contribution is 2.35. The van der Waals surface area contributed by atoms with Gasteiger partial charge in [0.2, 0.25) is 0 Å². The molecule has 0 aliphatic carbocycles. The Morgan fingerprint density at radius 3 is 2.54 bits per heavy atom. The average molecular weight is 391 g/mol. The quantitative estimate of drug-likeness (QED) is 0.742. The molecule has 3 aromatic rings. The van der Waals surface area contributed by atoms with Gasteiger partial charge in [-0.05, 0) is 11.6 Å². The van der Waals surface area contributed by atoms with Crippen LogP contribution in [0.3, 0.4) is 0 Å². The van der Waals surface area contributed by atoms with Crippen LogP contribution in [0, 0.1) is 0 Å². The number of hydrogen-bond acceptors (Lipinski definition) is 5. The maximum atomic E-state index is 11.8. The molecule has 1 aliphatic rings. The van der Waals surface area contributed by atoms with Crippen molar-refractivity contribution in [2.24, 2.45) is 5.73 Å². The molecule has 136 valence electrons. The third-order valence-electron chi connectivity index (χ3n) is 4.79. The lowest BCUT2D eigenvalue weighted by Crippen LogP contribution is -2.42. The van der Waals surface area contributed by atoms with Gasteiger partial charge in [-0.2, -0.15) is 0 Å². The van der Waals surface area contributed by atoms with Crippen molar-refractivity contribution in [2.45, 2.75) is 6.04 Å². The number of anilines is 1. The standard InChI is InChI=1S/C18H19ClN4O2S/c19-15-10-14(17(20)13-4-2-1-3-5-13)18(23-12-21-11-16(15)23)22-6-8-26(24,25)9-7-22/h1-5,10-12,17H,6-9,20H2. The lowest BCUT2D eigenvalue weighted by atomic mass is 9.99. The molecule has 0 saturated carbocycles. The molecule has 8 heteroatoms. The summed E-state index contributed by atoms with van der Waals surface area (Å²) in [6.07, 6.45) is 3.39. The van der Waals surface area contributed by atoms with Crippen LogP contribution in [0.1, 0.15) is 17.2 Å². The monoisotopic (exact) mass is 390 g/mol. The van der Waals surface area contributed by atoms with Crippen molar-refractivity contribution in [3.05, 3.63) is 65.1 Å². The molecular weight excluding hydrogens is 372 g/mol. The summed E-state index contributed by atoms with van der Waals surface area (Å²) in [7, 11) is -2.98. The summed E-state index contributed by atoms with van der Waals surface area (Å²) in [5.74, 6) is 1.12. The van der Waals surface area contributed by atoms with Crippen LogP contribution in [0.4, 0.5) is 5.82 Å². The van der Waals surface area contributed by atoms with Gasteiger partial charge < -0.3 is 10.6 Å². The van der Waals surface area contributed by atoms with E-state index < -0.39 is 9.84 Å². The second-order valence-electron chi connectivity index (χ2n) is 6.45. The zero-order valence-corrected chi connectivity index (χ0v) is 15.6. The summed E-state index contributed by atoms with van der Waals surface area (Å²) >= 11 is 6.46. The molecule has 3 heterocycles. The number of fused-ring (bicyclic) bond motifs is 1. The van der Waals surface area contributed by atoms with E-state index >= 15 is 0 Å². The van der Waals surface area contributed by atoms with Crippen LogP contribution in [0.2, 0.25) is 5.02 Å². The molecule has 1 atom stereocenters. The molecule has 1 aliphatic heterocycles. The van der Waals surface area contributed by atoms with Crippen LogP contribution in [0.5, 0.6) is 0 Å². The number of aromatic nitrogens is 2. The Morgan fingerprint density at radius 2 is 1.85 bits per heavy atom. The Morgan fingerprint density at radius 1 is 1.15 bits per heavy atom. The second kappa shape index (κ2) is 6.57. The molecule has 2 aromatic heterocycles. The molecule has 0 amide bonds. The van der Waals surface area contributed by atoms with Gasteiger partial charge in [0.1, 0.15) is 12.1 Å². The van der Waals surface area contributed by atoms with E-state index in [4.69, 9.17) is 17.3 Å². The van der Waals surface area contributed by atoms with Crippen LogP contribution in [-0.2, 0) is 9.84 Å². The van der Waals surface area contributed by atoms with E-state index in [0.717, 1.165) is 22.5 Å². The molecule has 26 heavy (non-hydrogen) atoms. The fraction of sp³-hybridized carbons (Fsp3) is 0.278. The molecule has 0 radical (unpaired) electrons. The Labute approximate surface area is 157 Å². The van der Waals surface area contributed by atoms with Gasteiger partial charge in [-0.15, -0.1) is 0 Å². The van der Waals surface area contributed by atoms with Crippen molar-refractivity contribution in [1.82, 2.24) is 9.38 Å². The van der Waals surface area contributed by atoms with Gasteiger partial charge in [0, 0.05) is 18.7 Å². The van der Waals surface area contributed by atoms with Gasteiger partial charge in [0.25, 0.3) is 0 Å². The van der Waals surface area contributed by atoms with Crippen LogP contribution in [0.25, 0.3) is 5.52 Å². The minimum Gasteiger partial charge on any atom is -0.355 e. The molecule has 1 unspecified atom stereocenters. The van der Waals surface area contributed by atoms with Crippen molar-refractivity contribution < 1.29 is 8.42 Å². The number of benzene rings is 1. The van der Waals surface area contributed by atoms with Gasteiger partial charge in [0.15, 0.2) is 9.84 Å². The molecular formula is C18H19ClN4O2S. The topological polar surface area (TPSA) is 80.7 Å². The average Bonchev–Trinajstić information content (AvgIpc) is 3.13. The maximum Gasteiger partial charge on any atom is 0.153 e. The largest absolute Gasteiger partial charge is 0.355 e. The summed E-state index contributed by atoms with van der Waals surface area (Å²) < 4.78 is 25.6. The molecule has 1 aromatic carbocycles. The lowest BCUT2D eigenvalue weighted by molar-refractivity contribution is 0.585. The first-order chi connectivity index (χ1) is 12.5. The molecule has 0 bridgehead atoms. The predicted octanol–water partition coefficient (Wildman–Crippen LogP) is 2.27. The molecule has 4 rings (SSSR count). The number of rotatable bonds is 3. The van der Waals surface area contributed by atoms with E-state index in [0.29, 0.717) is 18.1 Å². The van der Waals surface area contributed by atoms with Gasteiger partial charge >= 0.3 is 0 Å². The number of halogens is 1. The second-order valence-corrected chi connectivity index (χ2v) is 9.16. The molecule has 0 spiro atoms. The first-order valence-electron chi connectivity index (χ1n) is 8.36. The summed E-state index contributed by atoms with van der Waals surface area (Å²) in [4.78, 5) is 6.27. The lowest BCUT2D eigenvalue weighted by Gasteiger charge is -2.32. The summed E-state index contributed by atoms with van der Waals surface area (Å²) in [6, 6.07) is 11.3. The fourth-order valence-electron chi connectivity index (χ4n) is 3.38. The zero-order chi connectivity index (χ0) is 18.3. The number of pyridine rings is 1. The number of hydrogen-bond donors (Lipinski definition) is 1. The Balaban J connectivity index is 1.87. The normalized spacial score (nSPS) is 18.2. The van der Waals surface area contributed by atoms with E-state index in [2.05, 4.69) is 9.88 Å². The summed E-state index contributed by atoms with van der Waals surface area (Å²) in [5, 5.41) is 0.567. The van der Waals surface area contributed by atoms with Crippen LogP contribution >= 0.6 is 11.6 Å². The third kappa shape index (κ3) is 3.06. The Bertz CT molecular complexity index is 1040. The number of imidazole rings is 1. The zero-order valence-electron chi connectivity index (χ0n) is 14.0. The maximum absolute atomic E-state index is 11.8. The smallest absolute Gasteiger partial charge is 0.153 e. The third-order valence-corrected chi connectivity index (χ3v) is 6.70. The fourth-order valence-corrected chi connectivity index (χ4v) is 4.84. The van der Waals surface area contributed by atoms with Crippen molar-refractivity contribution >= 4 is 32.8 Å². The number of nitrogens with zero attached hydrogens (tertiary/aromatic N) is 3. The van der Waals surface area contributed by atoms with Gasteiger partial charge in [0.05, 0.1) is 34.3 Å². The van der Waals surface area contributed by atoms with Crippen LogP contribution < -0.4 is 10.6 Å². The van der Waals surface area contributed by atoms with E-state index in [1.807, 2.05) is 40.8 Å². The first-order valence-corrected chi connectivity index (χ1v) is 10.6. The van der Waals surface area contributed by atoms with E-state index in [1.54, 1.807) is 12.5 Å². The molecule has 6 nitrogen and oxygen atoms in total. The van der Waals surface area contributed by atoms with Crippen molar-refractivity contribution in [3.8, 4) is 0 Å². The highest BCUT2D eigenvalue weighted by atomic mass is 35.5. The van der Waals surface area contributed by atoms with Crippen molar-refractivity contribution in [2.75, 3.05) is 29.5 Å². The summed E-state index contributed by atoms with van der Waals surface area (Å²) in [6.45, 7) is 0.845. The molecule has 2 N–H and O–H groups in total. The van der Waals surface area contributed by atoms with E-state index in [-0.39, 0.29) is 17.5 Å². The van der Waals surface area contributed by atoms with Gasteiger partial charge in [-0.1, -0.05) is 41.9 Å². The van der Waals surface area contributed by atoms with Crippen molar-refractivity contribution in [1.29, 1.82) is 0 Å². The van der Waals surface area contributed by atoms with E-state index in [9.17, 15) is 8.42 Å². The SMILES string of the molecule is NC(c1ccccc1)c1cc(Cl)c2cncn2c1N1CCS(=O)(=O)CC1. The minimum absolute atomic E-state index is 0.131. The molecule has 1 fully saturated rings. The van der Waals surface area contributed by atoms with Crippen LogP contribution in [0.15, 0.2) is 48.9 Å². The highest BCUT2D eigenvalue weighted by Gasteiger charge is 2.27. The number of nitrogens with two attached hydrogens (primary N) is 1. The van der Waals surface area contributed by atoms with E-state index in [1.165, 1.54) is 0 Å². The van der Waals surface area contributed by atoms with Gasteiger partial charge in [-0.25, -0.2) is 13.4 Å². The first kappa shape index (κ1) is 17.3. The van der Waals surface area contributed by atoms with Gasteiger partial charge in [-0.3, -0.25) is 4.40 Å². The Kier molecular flexibility index (Phi) is 4.38. The highest BCUT2D eigenvalue weighted by molar-refractivity contribution is 7.91. The van der Waals surface area contributed by atoms with Crippen molar-refractivity contribution in [3.63, 3.8) is 0 Å². The number of sulfone groups is 1. The minimum atomic E-state index is -2.98. The Hall–Kier alpha value is -2.09. The summed E-state index contributed by atoms with van der Waals surface area (Å²) in [5.41, 5.74) is 9.16.